The SMILES string of the molecule is O=[N+]([O-])c1ccc(F)cc1OCc1nc(-c2cccc(Br)c2)no1. The first-order chi connectivity index (χ1) is 11.5. The average Bonchev–Trinajstić information content (AvgIpc) is 3.01. The Hall–Kier alpha value is -2.81. The fraction of sp³-hybridized carbons (Fsp3) is 0.0667. The second-order valence-corrected chi connectivity index (χ2v) is 5.60. The largest absolute Gasteiger partial charge is 0.477 e. The summed E-state index contributed by atoms with van der Waals surface area (Å²) in [7, 11) is 0. The number of nitro benzene ring substituents is 1. The van der Waals surface area contributed by atoms with Crippen molar-refractivity contribution in [3.8, 4) is 17.1 Å². The van der Waals surface area contributed by atoms with Crippen LogP contribution in [0.4, 0.5) is 10.1 Å². The molecule has 0 N–H and O–H groups in total. The summed E-state index contributed by atoms with van der Waals surface area (Å²) in [6.07, 6.45) is 0. The molecular weight excluding hydrogens is 385 g/mol. The maximum Gasteiger partial charge on any atom is 0.311 e. The van der Waals surface area contributed by atoms with Crippen LogP contribution in [-0.4, -0.2) is 15.1 Å². The number of hydrogen-bond acceptors (Lipinski definition) is 6. The molecule has 0 aliphatic heterocycles. The summed E-state index contributed by atoms with van der Waals surface area (Å²) in [5.41, 5.74) is 0.388. The van der Waals surface area contributed by atoms with Gasteiger partial charge in [-0.1, -0.05) is 33.2 Å². The zero-order valence-corrected chi connectivity index (χ0v) is 13.6. The van der Waals surface area contributed by atoms with Crippen LogP contribution in [0.3, 0.4) is 0 Å². The van der Waals surface area contributed by atoms with Gasteiger partial charge in [0.2, 0.25) is 11.6 Å². The van der Waals surface area contributed by atoms with E-state index in [0.29, 0.717) is 5.82 Å². The lowest BCUT2D eigenvalue weighted by atomic mass is 10.2. The minimum Gasteiger partial charge on any atom is -0.477 e. The summed E-state index contributed by atoms with van der Waals surface area (Å²) < 4.78 is 24.4. The number of hydrogen-bond donors (Lipinski definition) is 0. The van der Waals surface area contributed by atoms with E-state index in [9.17, 15) is 14.5 Å². The van der Waals surface area contributed by atoms with Gasteiger partial charge in [0.1, 0.15) is 5.82 Å². The van der Waals surface area contributed by atoms with Gasteiger partial charge in [-0.25, -0.2) is 4.39 Å². The monoisotopic (exact) mass is 393 g/mol. The summed E-state index contributed by atoms with van der Waals surface area (Å²) in [6.45, 7) is -0.217. The Kier molecular flexibility index (Phi) is 4.52. The van der Waals surface area contributed by atoms with Gasteiger partial charge in [-0.3, -0.25) is 10.1 Å². The van der Waals surface area contributed by atoms with Gasteiger partial charge in [-0.2, -0.15) is 4.98 Å². The van der Waals surface area contributed by atoms with E-state index in [1.54, 1.807) is 6.07 Å². The molecule has 0 atom stereocenters. The minimum absolute atomic E-state index is 0.114. The lowest BCUT2D eigenvalue weighted by molar-refractivity contribution is -0.386. The number of benzene rings is 2. The second-order valence-electron chi connectivity index (χ2n) is 4.68. The zero-order chi connectivity index (χ0) is 17.1. The molecule has 24 heavy (non-hydrogen) atoms. The van der Waals surface area contributed by atoms with E-state index < -0.39 is 10.7 Å². The normalized spacial score (nSPS) is 10.6. The molecule has 0 fully saturated rings. The van der Waals surface area contributed by atoms with Gasteiger partial charge in [0.05, 0.1) is 4.92 Å². The van der Waals surface area contributed by atoms with Crippen molar-refractivity contribution < 1.29 is 18.6 Å². The van der Waals surface area contributed by atoms with Gasteiger partial charge in [0.25, 0.3) is 5.89 Å². The number of nitro groups is 1. The molecule has 0 spiro atoms. The molecule has 0 aliphatic carbocycles. The molecule has 7 nitrogen and oxygen atoms in total. The fourth-order valence-electron chi connectivity index (χ4n) is 1.95. The predicted octanol–water partition coefficient (Wildman–Crippen LogP) is 4.13. The van der Waals surface area contributed by atoms with E-state index in [2.05, 4.69) is 26.1 Å². The summed E-state index contributed by atoms with van der Waals surface area (Å²) in [6, 6.07) is 10.3. The van der Waals surface area contributed by atoms with Crippen molar-refractivity contribution in [1.82, 2.24) is 10.1 Å². The maximum atomic E-state index is 13.2. The van der Waals surface area contributed by atoms with Crippen LogP contribution in [0.1, 0.15) is 5.89 Å². The molecule has 9 heteroatoms. The predicted molar refractivity (Wildman–Crippen MR) is 84.8 cm³/mol. The molecule has 0 unspecified atom stereocenters. The summed E-state index contributed by atoms with van der Waals surface area (Å²) in [5.74, 6) is -0.384. The molecule has 0 saturated carbocycles. The molecular formula is C15H9BrFN3O4. The summed E-state index contributed by atoms with van der Waals surface area (Å²) in [5, 5.41) is 14.7. The van der Waals surface area contributed by atoms with Gasteiger partial charge >= 0.3 is 5.69 Å². The highest BCUT2D eigenvalue weighted by molar-refractivity contribution is 9.10. The molecule has 3 aromatic rings. The van der Waals surface area contributed by atoms with E-state index in [-0.39, 0.29) is 23.9 Å². The first kappa shape index (κ1) is 16.1. The number of aromatic nitrogens is 2. The van der Waals surface area contributed by atoms with E-state index in [0.717, 1.165) is 28.2 Å². The van der Waals surface area contributed by atoms with Crippen molar-refractivity contribution in [2.75, 3.05) is 0 Å². The highest BCUT2D eigenvalue weighted by atomic mass is 79.9. The fourth-order valence-corrected chi connectivity index (χ4v) is 2.35. The first-order valence-electron chi connectivity index (χ1n) is 6.68. The van der Waals surface area contributed by atoms with Gasteiger partial charge in [-0.05, 0) is 18.2 Å². The Labute approximate surface area is 143 Å². The molecule has 0 radical (unpaired) electrons. The number of nitrogens with zero attached hydrogens (tertiary/aromatic N) is 3. The van der Waals surface area contributed by atoms with E-state index >= 15 is 0 Å². The topological polar surface area (TPSA) is 91.3 Å². The Bertz CT molecular complexity index is 900. The molecule has 3 rings (SSSR count). The van der Waals surface area contributed by atoms with Gasteiger partial charge in [0.15, 0.2) is 6.61 Å². The number of rotatable bonds is 5. The van der Waals surface area contributed by atoms with Crippen LogP contribution < -0.4 is 4.74 Å². The Balaban J connectivity index is 1.77. The highest BCUT2D eigenvalue weighted by Gasteiger charge is 2.17. The maximum absolute atomic E-state index is 13.2. The van der Waals surface area contributed by atoms with Crippen LogP contribution in [0.25, 0.3) is 11.4 Å². The van der Waals surface area contributed by atoms with Crippen molar-refractivity contribution in [2.24, 2.45) is 0 Å². The Morgan fingerprint density at radius 3 is 2.88 bits per heavy atom. The first-order valence-corrected chi connectivity index (χ1v) is 7.47. The quantitative estimate of drug-likeness (QED) is 0.478. The van der Waals surface area contributed by atoms with Crippen molar-refractivity contribution in [2.45, 2.75) is 6.61 Å². The van der Waals surface area contributed by atoms with Crippen LogP contribution in [0, 0.1) is 15.9 Å². The number of ether oxygens (including phenoxy) is 1. The van der Waals surface area contributed by atoms with Gasteiger partial charge in [-0.15, -0.1) is 0 Å². The van der Waals surface area contributed by atoms with Crippen LogP contribution in [-0.2, 0) is 6.61 Å². The van der Waals surface area contributed by atoms with E-state index in [1.807, 2.05) is 18.2 Å². The molecule has 122 valence electrons. The zero-order valence-electron chi connectivity index (χ0n) is 12.0. The molecule has 1 heterocycles. The standard InChI is InChI=1S/C15H9BrFN3O4/c16-10-3-1-2-9(6-10)15-18-14(24-19-15)8-23-13-7-11(17)4-5-12(13)20(21)22/h1-7H,8H2. The minimum atomic E-state index is -0.657. The third kappa shape index (κ3) is 3.57. The van der Waals surface area contributed by atoms with Crippen molar-refractivity contribution in [3.05, 3.63) is 68.8 Å². The molecule has 0 amide bonds. The molecule has 0 bridgehead atoms. The van der Waals surface area contributed by atoms with E-state index in [1.165, 1.54) is 0 Å². The van der Waals surface area contributed by atoms with Crippen LogP contribution in [0.5, 0.6) is 5.75 Å². The van der Waals surface area contributed by atoms with Crippen LogP contribution >= 0.6 is 15.9 Å². The van der Waals surface area contributed by atoms with Crippen molar-refractivity contribution in [1.29, 1.82) is 0 Å². The van der Waals surface area contributed by atoms with Crippen LogP contribution in [0.15, 0.2) is 51.5 Å². The van der Waals surface area contributed by atoms with Gasteiger partial charge in [0, 0.05) is 22.2 Å². The number of halogens is 2. The summed E-state index contributed by atoms with van der Waals surface area (Å²) >= 11 is 3.35. The van der Waals surface area contributed by atoms with Gasteiger partial charge < -0.3 is 9.26 Å². The smallest absolute Gasteiger partial charge is 0.311 e. The highest BCUT2D eigenvalue weighted by Crippen LogP contribution is 2.28. The van der Waals surface area contributed by atoms with Crippen molar-refractivity contribution >= 4 is 21.6 Å². The average molecular weight is 394 g/mol. The Morgan fingerprint density at radius 1 is 1.29 bits per heavy atom. The van der Waals surface area contributed by atoms with E-state index in [4.69, 9.17) is 9.26 Å². The summed E-state index contributed by atoms with van der Waals surface area (Å²) in [4.78, 5) is 14.4. The molecule has 2 aromatic carbocycles. The molecule has 1 aromatic heterocycles. The second kappa shape index (κ2) is 6.75. The lowest BCUT2D eigenvalue weighted by Crippen LogP contribution is -2.00. The third-order valence-corrected chi connectivity index (χ3v) is 3.51. The molecule has 0 saturated heterocycles. The Morgan fingerprint density at radius 2 is 2.12 bits per heavy atom. The van der Waals surface area contributed by atoms with Crippen molar-refractivity contribution in [3.63, 3.8) is 0 Å². The molecule has 0 aliphatic rings. The van der Waals surface area contributed by atoms with Crippen LogP contribution in [0.2, 0.25) is 0 Å². The lowest BCUT2D eigenvalue weighted by Gasteiger charge is -2.03. The third-order valence-electron chi connectivity index (χ3n) is 3.02.